The van der Waals surface area contributed by atoms with Crippen LogP contribution in [0.2, 0.25) is 0 Å². The minimum absolute atomic E-state index is 0.0972. The molecule has 0 aliphatic carbocycles. The minimum Gasteiger partial charge on any atom is -0.394 e. The quantitative estimate of drug-likeness (QED) is 0.0464. The second kappa shape index (κ2) is 29.2. The first-order valence-corrected chi connectivity index (χ1v) is 19.2. The van der Waals surface area contributed by atoms with Gasteiger partial charge in [0.25, 0.3) is 0 Å². The topological polar surface area (TPSA) is 110 Å². The second-order valence-electron chi connectivity index (χ2n) is 13.5. The van der Waals surface area contributed by atoms with Crippen molar-refractivity contribution >= 4 is 5.91 Å². The number of ether oxygens (including phenoxy) is 1. The van der Waals surface area contributed by atoms with Gasteiger partial charge >= 0.3 is 0 Å². The molecule has 1 unspecified atom stereocenters. The van der Waals surface area contributed by atoms with Crippen molar-refractivity contribution in [2.75, 3.05) is 13.2 Å². The fourth-order valence-corrected chi connectivity index (χ4v) is 6.35. The van der Waals surface area contributed by atoms with Crippen LogP contribution in [0.4, 0.5) is 0 Å². The molecule has 1 aliphatic rings. The van der Waals surface area contributed by atoms with Gasteiger partial charge in [-0.1, -0.05) is 148 Å². The molecule has 1 aliphatic heterocycles. The summed E-state index contributed by atoms with van der Waals surface area (Å²) < 4.78 is 5.79. The molecule has 0 radical (unpaired) electrons. The van der Waals surface area contributed by atoms with Crippen LogP contribution in [0.3, 0.4) is 0 Å². The Morgan fingerprint density at radius 3 is 1.47 bits per heavy atom. The summed E-state index contributed by atoms with van der Waals surface area (Å²) in [5, 5.41) is 41.0. The van der Waals surface area contributed by atoms with E-state index in [0.29, 0.717) is 13.0 Å². The summed E-state index contributed by atoms with van der Waals surface area (Å²) in [6, 6.07) is 0. The predicted molar refractivity (Wildman–Crippen MR) is 186 cm³/mol. The van der Waals surface area contributed by atoms with Crippen molar-refractivity contribution in [3.05, 3.63) is 12.2 Å². The van der Waals surface area contributed by atoms with Crippen molar-refractivity contribution in [3.8, 4) is 0 Å². The summed E-state index contributed by atoms with van der Waals surface area (Å²) >= 11 is 0. The first-order chi connectivity index (χ1) is 22.0. The van der Waals surface area contributed by atoms with Crippen LogP contribution in [0.1, 0.15) is 181 Å². The normalized spacial score (nSPS) is 22.0. The molecule has 45 heavy (non-hydrogen) atoms. The first kappa shape index (κ1) is 42.0. The molecule has 7 heteroatoms. The molecule has 266 valence electrons. The number of nitrogens with zero attached hydrogens (tertiary/aromatic N) is 1. The van der Waals surface area contributed by atoms with Crippen LogP contribution in [0.25, 0.3) is 0 Å². The zero-order valence-electron chi connectivity index (χ0n) is 29.4. The number of aliphatic hydroxyl groups is 4. The Morgan fingerprint density at radius 2 is 1.00 bits per heavy atom. The van der Waals surface area contributed by atoms with E-state index in [0.717, 1.165) is 51.4 Å². The van der Waals surface area contributed by atoms with E-state index in [1.165, 1.54) is 109 Å². The molecule has 7 nitrogen and oxygen atoms in total. The van der Waals surface area contributed by atoms with Gasteiger partial charge in [-0.3, -0.25) is 4.79 Å². The Bertz CT molecular complexity index is 702. The van der Waals surface area contributed by atoms with Crippen LogP contribution in [0, 0.1) is 0 Å². The molecule has 0 aromatic rings. The molecule has 5 atom stereocenters. The number of carbonyl (C=O) groups is 1. The van der Waals surface area contributed by atoms with Gasteiger partial charge in [-0.2, -0.15) is 0 Å². The molecule has 1 heterocycles. The average Bonchev–Trinajstić information content (AvgIpc) is 3.04. The molecule has 0 aromatic carbocycles. The molecule has 1 fully saturated rings. The van der Waals surface area contributed by atoms with Crippen molar-refractivity contribution in [3.63, 3.8) is 0 Å². The average molecular weight is 640 g/mol. The van der Waals surface area contributed by atoms with Gasteiger partial charge in [-0.25, -0.2) is 0 Å². The van der Waals surface area contributed by atoms with E-state index in [9.17, 15) is 25.2 Å². The summed E-state index contributed by atoms with van der Waals surface area (Å²) in [7, 11) is 0. The van der Waals surface area contributed by atoms with Gasteiger partial charge in [0.1, 0.15) is 24.4 Å². The predicted octanol–water partition coefficient (Wildman–Crippen LogP) is 8.35. The van der Waals surface area contributed by atoms with Gasteiger partial charge in [0.15, 0.2) is 6.23 Å². The number of unbranched alkanes of at least 4 members (excludes halogenated alkanes) is 22. The van der Waals surface area contributed by atoms with Gasteiger partial charge in [0.05, 0.1) is 6.61 Å². The lowest BCUT2D eigenvalue weighted by Gasteiger charge is -2.44. The maximum atomic E-state index is 13.4. The van der Waals surface area contributed by atoms with Crippen molar-refractivity contribution in [1.29, 1.82) is 0 Å². The van der Waals surface area contributed by atoms with E-state index in [-0.39, 0.29) is 5.91 Å². The summed E-state index contributed by atoms with van der Waals surface area (Å²) in [5.41, 5.74) is 0. The standard InChI is InChI=1S/C38H73NO6/c1-3-5-7-9-11-13-15-17-18-19-20-22-24-26-28-30-34(41)39(38-37(44)36(43)35(42)33(32-40)45-38)31-29-27-25-23-21-16-14-12-10-8-6-4-2/h17-18,33,35-38,40,42-44H,3-16,19-32H2,1-2H3/t33-,35-,36+,37-,38?/m1/s1. The maximum absolute atomic E-state index is 13.4. The molecule has 4 N–H and O–H groups in total. The number of rotatable bonds is 30. The smallest absolute Gasteiger partial charge is 0.224 e. The molecule has 1 saturated heterocycles. The molecule has 1 amide bonds. The van der Waals surface area contributed by atoms with E-state index in [4.69, 9.17) is 4.74 Å². The lowest BCUT2D eigenvalue weighted by Crippen LogP contribution is -2.64. The van der Waals surface area contributed by atoms with Gasteiger partial charge < -0.3 is 30.1 Å². The van der Waals surface area contributed by atoms with Crippen LogP contribution in [0.15, 0.2) is 12.2 Å². The third kappa shape index (κ3) is 20.1. The molecule has 0 bridgehead atoms. The third-order valence-electron chi connectivity index (χ3n) is 9.40. The second-order valence-corrected chi connectivity index (χ2v) is 13.5. The molecule has 0 saturated carbocycles. The van der Waals surface area contributed by atoms with Crippen molar-refractivity contribution < 1.29 is 30.0 Å². The highest BCUT2D eigenvalue weighted by atomic mass is 16.6. The maximum Gasteiger partial charge on any atom is 0.224 e. The van der Waals surface area contributed by atoms with E-state index >= 15 is 0 Å². The van der Waals surface area contributed by atoms with Gasteiger partial charge in [0.2, 0.25) is 5.91 Å². The number of allylic oxidation sites excluding steroid dienone is 2. The SMILES string of the molecule is CCCCCCCCC=CCCCCCCCC(=O)N(CCCCCCCCCCCCCC)C1O[C@H](CO)[C@@H](O)[C@H](O)[C@H]1O. The van der Waals surface area contributed by atoms with Crippen LogP contribution in [0.5, 0.6) is 0 Å². The Kier molecular flexibility index (Phi) is 27.2. The van der Waals surface area contributed by atoms with Crippen LogP contribution in [-0.2, 0) is 9.53 Å². The summed E-state index contributed by atoms with van der Waals surface area (Å²) in [6.07, 6.45) is 28.8. The fourth-order valence-electron chi connectivity index (χ4n) is 6.35. The molecule has 0 spiro atoms. The number of carbonyl (C=O) groups excluding carboxylic acids is 1. The Morgan fingerprint density at radius 1 is 0.578 bits per heavy atom. The van der Waals surface area contributed by atoms with Crippen molar-refractivity contribution in [1.82, 2.24) is 4.90 Å². The van der Waals surface area contributed by atoms with Crippen LogP contribution >= 0.6 is 0 Å². The molecular weight excluding hydrogens is 566 g/mol. The Hall–Kier alpha value is -0.990. The number of aliphatic hydroxyl groups excluding tert-OH is 4. The number of hydrogen-bond donors (Lipinski definition) is 4. The largest absolute Gasteiger partial charge is 0.394 e. The van der Waals surface area contributed by atoms with Gasteiger partial charge in [-0.05, 0) is 38.5 Å². The highest BCUT2D eigenvalue weighted by Crippen LogP contribution is 2.25. The van der Waals surface area contributed by atoms with Crippen molar-refractivity contribution in [2.24, 2.45) is 0 Å². The highest BCUT2D eigenvalue weighted by molar-refractivity contribution is 5.76. The van der Waals surface area contributed by atoms with Crippen LogP contribution < -0.4 is 0 Å². The van der Waals surface area contributed by atoms with E-state index in [1.54, 1.807) is 4.90 Å². The fraction of sp³-hybridized carbons (Fsp3) is 0.921. The monoisotopic (exact) mass is 640 g/mol. The van der Waals surface area contributed by atoms with Gasteiger partial charge in [-0.15, -0.1) is 0 Å². The first-order valence-electron chi connectivity index (χ1n) is 19.2. The lowest BCUT2D eigenvalue weighted by atomic mass is 9.97. The Balaban J connectivity index is 2.36. The number of hydrogen-bond acceptors (Lipinski definition) is 6. The summed E-state index contributed by atoms with van der Waals surface area (Å²) in [5.74, 6) is -0.0972. The summed E-state index contributed by atoms with van der Waals surface area (Å²) in [4.78, 5) is 14.9. The zero-order valence-corrected chi connectivity index (χ0v) is 29.4. The van der Waals surface area contributed by atoms with Gasteiger partial charge in [0, 0.05) is 13.0 Å². The van der Waals surface area contributed by atoms with E-state index < -0.39 is 37.3 Å². The van der Waals surface area contributed by atoms with Crippen LogP contribution in [-0.4, -0.2) is 75.0 Å². The zero-order chi connectivity index (χ0) is 33.0. The van der Waals surface area contributed by atoms with E-state index in [1.807, 2.05) is 0 Å². The summed E-state index contributed by atoms with van der Waals surface area (Å²) in [6.45, 7) is 4.45. The number of amides is 1. The van der Waals surface area contributed by atoms with E-state index in [2.05, 4.69) is 26.0 Å². The molecular formula is C38H73NO6. The molecule has 0 aromatic heterocycles. The third-order valence-corrected chi connectivity index (χ3v) is 9.40. The highest BCUT2D eigenvalue weighted by Gasteiger charge is 2.46. The molecule has 1 rings (SSSR count). The lowest BCUT2D eigenvalue weighted by molar-refractivity contribution is -0.262. The van der Waals surface area contributed by atoms with Crippen molar-refractivity contribution in [2.45, 2.75) is 211 Å². The Labute approximate surface area is 277 Å². The minimum atomic E-state index is -1.47.